The molecule has 18 atom stereocenters. The monoisotopic (exact) mass is 1030 g/mol. The number of nitro benzene ring substituents is 1. The highest BCUT2D eigenvalue weighted by molar-refractivity contribution is 5.73. The molecule has 0 unspecified atom stereocenters. The zero-order chi connectivity index (χ0) is 53.7. The van der Waals surface area contributed by atoms with E-state index in [9.17, 15) is 35.3 Å². The average molecular weight is 1030 g/mol. The van der Waals surface area contributed by atoms with Crippen molar-refractivity contribution in [2.45, 2.75) is 224 Å². The molecule has 1 aromatic heterocycles. The SMILES string of the molecule is CC[C@H]1OC(=O)[C@H](C)[C@@H](O[C@H]2C[C@@](C)(OC)[C@@H](O)[C@H](C)O2)[C@H](C)[C@@H](O[C@H]2C[C@@H](N(C)CCc3cn(C[C@H]4CCCN4Cc4ccc([N+](=O)[O-])cc4)nn3)C[C@@H](C)O2)[C@](C)(O)C[C@@H](C)CN(C)[C@H](C)[C@@H](O)[C@]1(C)O. The molecule has 4 aliphatic heterocycles. The fraction of sp³-hybridized carbons (Fsp3) is 0.830. The number of aliphatic hydroxyl groups is 4. The van der Waals surface area contributed by atoms with Gasteiger partial charge >= 0.3 is 5.97 Å². The Morgan fingerprint density at radius 1 is 0.973 bits per heavy atom. The van der Waals surface area contributed by atoms with Gasteiger partial charge in [-0.15, -0.1) is 5.10 Å². The molecule has 6 rings (SSSR count). The van der Waals surface area contributed by atoms with Crippen LogP contribution in [0.4, 0.5) is 5.69 Å². The Morgan fingerprint density at radius 3 is 2.33 bits per heavy atom. The highest BCUT2D eigenvalue weighted by atomic mass is 16.7. The van der Waals surface area contributed by atoms with Crippen LogP contribution in [0.1, 0.15) is 125 Å². The second-order valence-corrected chi connectivity index (χ2v) is 22.9. The minimum absolute atomic E-state index is 0.0493. The topological polar surface area (TPSA) is 237 Å². The summed E-state index contributed by atoms with van der Waals surface area (Å²) in [6.45, 7) is 21.6. The molecule has 0 amide bonds. The van der Waals surface area contributed by atoms with Gasteiger partial charge in [-0.25, -0.2) is 0 Å². The number of aliphatic hydroxyl groups excluding tert-OH is 2. The first kappa shape index (κ1) is 59.0. The fourth-order valence-corrected chi connectivity index (χ4v) is 12.1. The number of rotatable bonds is 15. The molecular weight excluding hydrogens is 943 g/mol. The Bertz CT molecular complexity index is 2080. The van der Waals surface area contributed by atoms with Gasteiger partial charge in [-0.05, 0) is 113 Å². The summed E-state index contributed by atoms with van der Waals surface area (Å²) >= 11 is 0. The van der Waals surface area contributed by atoms with E-state index in [4.69, 9.17) is 28.4 Å². The highest BCUT2D eigenvalue weighted by Crippen LogP contribution is 2.40. The van der Waals surface area contributed by atoms with E-state index < -0.39 is 89.9 Å². The van der Waals surface area contributed by atoms with Crippen LogP contribution in [0, 0.1) is 27.9 Å². The number of cyclic esters (lactones) is 1. The van der Waals surface area contributed by atoms with Gasteiger partial charge in [-0.2, -0.15) is 0 Å². The lowest BCUT2D eigenvalue weighted by atomic mass is 9.77. The van der Waals surface area contributed by atoms with Gasteiger partial charge in [-0.1, -0.05) is 38.1 Å². The summed E-state index contributed by atoms with van der Waals surface area (Å²) in [5, 5.41) is 67.7. The number of likely N-dealkylation sites (tertiary alicyclic amines) is 1. The number of benzene rings is 1. The number of likely N-dealkylation sites (N-methyl/N-ethyl adjacent to an activating group) is 2. The third kappa shape index (κ3) is 14.4. The number of aromatic nitrogens is 3. The average Bonchev–Trinajstić information content (AvgIpc) is 3.99. The van der Waals surface area contributed by atoms with Crippen LogP contribution in [0.15, 0.2) is 30.5 Å². The number of methoxy groups -OCH3 is 1. The van der Waals surface area contributed by atoms with Gasteiger partial charge in [0.1, 0.15) is 23.9 Å². The molecule has 0 spiro atoms. The minimum atomic E-state index is -1.81. The molecular formula is C53H89N7O13. The van der Waals surface area contributed by atoms with Crippen LogP contribution < -0.4 is 0 Å². The van der Waals surface area contributed by atoms with Gasteiger partial charge in [0.2, 0.25) is 0 Å². The minimum Gasteiger partial charge on any atom is -0.459 e. The lowest BCUT2D eigenvalue weighted by Crippen LogP contribution is -2.59. The summed E-state index contributed by atoms with van der Waals surface area (Å²) in [7, 11) is 5.48. The van der Waals surface area contributed by atoms with E-state index in [-0.39, 0.29) is 54.0 Å². The molecule has 5 heterocycles. The number of hydrogen-bond donors (Lipinski definition) is 4. The van der Waals surface area contributed by atoms with E-state index in [2.05, 4.69) is 27.2 Å². The number of nitro groups is 1. The lowest BCUT2D eigenvalue weighted by molar-refractivity contribution is -0.384. The van der Waals surface area contributed by atoms with Crippen molar-refractivity contribution in [3.05, 3.63) is 51.8 Å². The zero-order valence-electron chi connectivity index (χ0n) is 45.8. The lowest BCUT2D eigenvalue weighted by Gasteiger charge is -2.48. The Labute approximate surface area is 433 Å². The summed E-state index contributed by atoms with van der Waals surface area (Å²) in [5.41, 5.74) is -2.35. The van der Waals surface area contributed by atoms with Gasteiger partial charge in [0.25, 0.3) is 5.69 Å². The molecule has 0 bridgehead atoms. The van der Waals surface area contributed by atoms with Crippen LogP contribution in [0.5, 0.6) is 0 Å². The summed E-state index contributed by atoms with van der Waals surface area (Å²) in [4.78, 5) is 31.9. The largest absolute Gasteiger partial charge is 0.459 e. The zero-order valence-corrected chi connectivity index (χ0v) is 45.8. The number of non-ortho nitro benzene ring substituents is 1. The second kappa shape index (κ2) is 24.8. The smallest absolute Gasteiger partial charge is 0.311 e. The third-order valence-electron chi connectivity index (χ3n) is 16.8. The highest BCUT2D eigenvalue weighted by Gasteiger charge is 2.52. The normalized spacial score (nSPS) is 40.0. The van der Waals surface area contributed by atoms with E-state index in [1.165, 1.54) is 14.0 Å². The van der Waals surface area contributed by atoms with Crippen molar-refractivity contribution in [2.24, 2.45) is 17.8 Å². The van der Waals surface area contributed by atoms with Crippen molar-refractivity contribution in [1.82, 2.24) is 29.7 Å². The van der Waals surface area contributed by atoms with Crippen LogP contribution >= 0.6 is 0 Å². The first-order valence-corrected chi connectivity index (χ1v) is 26.7. The quantitative estimate of drug-likeness (QED) is 0.107. The third-order valence-corrected chi connectivity index (χ3v) is 16.8. The van der Waals surface area contributed by atoms with Gasteiger partial charge in [-0.3, -0.25) is 24.5 Å². The van der Waals surface area contributed by atoms with Gasteiger partial charge in [0, 0.05) is 88.4 Å². The molecule has 20 nitrogen and oxygen atoms in total. The van der Waals surface area contributed by atoms with Gasteiger partial charge < -0.3 is 58.6 Å². The predicted molar refractivity (Wildman–Crippen MR) is 272 cm³/mol. The van der Waals surface area contributed by atoms with Crippen molar-refractivity contribution in [1.29, 1.82) is 0 Å². The molecule has 73 heavy (non-hydrogen) atoms. The summed E-state index contributed by atoms with van der Waals surface area (Å²) in [5.74, 6) is -2.49. The van der Waals surface area contributed by atoms with E-state index in [0.717, 1.165) is 37.1 Å². The first-order chi connectivity index (χ1) is 34.3. The first-order valence-electron chi connectivity index (χ1n) is 26.7. The molecule has 4 fully saturated rings. The van der Waals surface area contributed by atoms with E-state index in [1.54, 1.807) is 46.8 Å². The summed E-state index contributed by atoms with van der Waals surface area (Å²) < 4.78 is 40.7. The van der Waals surface area contributed by atoms with Crippen molar-refractivity contribution >= 4 is 11.7 Å². The van der Waals surface area contributed by atoms with Crippen LogP contribution in [-0.2, 0) is 52.7 Å². The molecule has 0 radical (unpaired) electrons. The van der Waals surface area contributed by atoms with E-state index in [0.29, 0.717) is 39.0 Å². The maximum atomic E-state index is 14.5. The molecule has 20 heteroatoms. The van der Waals surface area contributed by atoms with Crippen LogP contribution in [-0.4, -0.2) is 192 Å². The molecule has 2 aromatic rings. The van der Waals surface area contributed by atoms with E-state index in [1.807, 2.05) is 62.7 Å². The second-order valence-electron chi connectivity index (χ2n) is 22.9. The van der Waals surface area contributed by atoms with Crippen molar-refractivity contribution in [3.63, 3.8) is 0 Å². The fourth-order valence-electron chi connectivity index (χ4n) is 12.1. The number of hydrogen-bond acceptors (Lipinski definition) is 18. The van der Waals surface area contributed by atoms with Crippen molar-refractivity contribution in [2.75, 3.05) is 40.8 Å². The predicted octanol–water partition coefficient (Wildman–Crippen LogP) is 4.71. The molecule has 1 aromatic carbocycles. The Morgan fingerprint density at radius 2 is 1.67 bits per heavy atom. The molecule has 414 valence electrons. The summed E-state index contributed by atoms with van der Waals surface area (Å²) in [6, 6.07) is 6.55. The number of esters is 1. The Kier molecular flexibility index (Phi) is 20.1. The van der Waals surface area contributed by atoms with Crippen LogP contribution in [0.2, 0.25) is 0 Å². The number of nitrogens with zero attached hydrogens (tertiary/aromatic N) is 7. The molecule has 0 aliphatic carbocycles. The van der Waals surface area contributed by atoms with Gasteiger partial charge in [0.05, 0.1) is 58.7 Å². The van der Waals surface area contributed by atoms with E-state index >= 15 is 0 Å². The number of ether oxygens (including phenoxy) is 6. The van der Waals surface area contributed by atoms with Crippen LogP contribution in [0.25, 0.3) is 0 Å². The maximum absolute atomic E-state index is 14.5. The molecule has 4 saturated heterocycles. The molecule has 4 N–H and O–H groups in total. The molecule has 4 aliphatic rings. The number of carbonyl (C=O) groups is 1. The van der Waals surface area contributed by atoms with Crippen LogP contribution in [0.3, 0.4) is 0 Å². The Balaban J connectivity index is 1.20. The standard InChI is InChI=1S/C53H89N7O13/c1-14-43-53(10,65)47(61)36(6)57(12)28-32(2)26-51(8,64)49(34(4)46(35(5)50(63)71-43)72-45-27-52(9,68-13)48(62)37(7)70-45)73-44-25-42(24-33(3)69-44)56(11)23-21-39-30-59(55-54-39)31-41-16-15-22-58(41)29-38-17-19-40(20-18-38)60(66)67/h17-20,30,32-37,41-49,61-62,64-65H,14-16,21-29,31H2,1-13H3/t32-,33-,34+,35-,36-,37+,41-,42+,43-,44+,45+,46+,47-,48+,49-,51-,52-,53-/m1/s1. The summed E-state index contributed by atoms with van der Waals surface area (Å²) in [6.07, 6.45) is -1.14. The van der Waals surface area contributed by atoms with Gasteiger partial charge in [0.15, 0.2) is 12.6 Å². The van der Waals surface area contributed by atoms with Crippen molar-refractivity contribution < 1.29 is 58.6 Å². The molecule has 0 saturated carbocycles. The number of carbonyl (C=O) groups excluding carboxylic acids is 1. The maximum Gasteiger partial charge on any atom is 0.311 e. The van der Waals surface area contributed by atoms with Crippen molar-refractivity contribution in [3.8, 4) is 0 Å². The Hall–Kier alpha value is -3.25.